The highest BCUT2D eigenvalue weighted by atomic mass is 32.1. The standard InChI is InChI=1S/C36H29N7O4S2/c1-3-7-31-27(5-1)37-35(48-31)23-9-11-25-29(21-23)46-19-17-44-15-16-45-18-20-47-30-22-24(36-38-28-6-2-4-8-32(28)49-36)10-12-26(30)41-43-34-14-13-33(39-34)42-40-25/h1-14,21-22,39H,15-20H2. The molecular formula is C36H29N7O4S2. The molecule has 1 aliphatic rings. The number of aromatic nitrogens is 3. The first-order valence-corrected chi connectivity index (χ1v) is 17.3. The van der Waals surface area contributed by atoms with Crippen LogP contribution < -0.4 is 9.47 Å². The van der Waals surface area contributed by atoms with Crippen molar-refractivity contribution in [2.45, 2.75) is 0 Å². The summed E-state index contributed by atoms with van der Waals surface area (Å²) in [7, 11) is 0. The third-order valence-electron chi connectivity index (χ3n) is 7.53. The summed E-state index contributed by atoms with van der Waals surface area (Å²) in [5.41, 5.74) is 4.95. The van der Waals surface area contributed by atoms with Crippen LogP contribution in [-0.4, -0.2) is 54.6 Å². The van der Waals surface area contributed by atoms with Crippen LogP contribution in [0.4, 0.5) is 23.0 Å². The lowest BCUT2D eigenvalue weighted by atomic mass is 10.2. The molecule has 0 atom stereocenters. The minimum absolute atomic E-state index is 0.329. The van der Waals surface area contributed by atoms with Crippen LogP contribution in [-0.2, 0) is 9.47 Å². The zero-order valence-corrected chi connectivity index (χ0v) is 27.7. The van der Waals surface area contributed by atoms with Gasteiger partial charge in [-0.25, -0.2) is 9.97 Å². The second-order valence-electron chi connectivity index (χ2n) is 10.9. The summed E-state index contributed by atoms with van der Waals surface area (Å²) in [4.78, 5) is 12.7. The van der Waals surface area contributed by atoms with Gasteiger partial charge in [0.1, 0.15) is 46.1 Å². The van der Waals surface area contributed by atoms with Gasteiger partial charge in [0, 0.05) is 11.1 Å². The van der Waals surface area contributed by atoms with Gasteiger partial charge >= 0.3 is 0 Å². The number of ether oxygens (including phenoxy) is 4. The number of fused-ring (bicyclic) bond motifs is 6. The molecule has 0 fully saturated rings. The second kappa shape index (κ2) is 14.4. The molecule has 8 rings (SSSR count). The third kappa shape index (κ3) is 7.25. The number of hydrogen-bond acceptors (Lipinski definition) is 12. The van der Waals surface area contributed by atoms with Crippen molar-refractivity contribution in [3.63, 3.8) is 0 Å². The summed E-state index contributed by atoms with van der Waals surface area (Å²) < 4.78 is 26.1. The van der Waals surface area contributed by atoms with Crippen LogP contribution >= 0.6 is 22.7 Å². The van der Waals surface area contributed by atoms with Crippen LogP contribution in [0.15, 0.2) is 118 Å². The molecule has 0 aliphatic carbocycles. The molecule has 1 aliphatic heterocycles. The number of benzene rings is 4. The molecule has 1 N–H and O–H groups in total. The predicted molar refractivity (Wildman–Crippen MR) is 192 cm³/mol. The fourth-order valence-electron chi connectivity index (χ4n) is 5.13. The summed E-state index contributed by atoms with van der Waals surface area (Å²) in [6.45, 7) is 2.26. The molecule has 0 saturated carbocycles. The first-order chi connectivity index (χ1) is 24.2. The van der Waals surface area contributed by atoms with Gasteiger partial charge in [-0.1, -0.05) is 24.3 Å². The van der Waals surface area contributed by atoms with Gasteiger partial charge in [-0.15, -0.1) is 43.1 Å². The smallest absolute Gasteiger partial charge is 0.154 e. The Morgan fingerprint density at radius 3 is 1.45 bits per heavy atom. The van der Waals surface area contributed by atoms with Crippen molar-refractivity contribution in [3.05, 3.63) is 97.1 Å². The fourth-order valence-corrected chi connectivity index (χ4v) is 7.05. The molecule has 2 bridgehead atoms. The van der Waals surface area contributed by atoms with E-state index in [4.69, 9.17) is 28.9 Å². The topological polar surface area (TPSA) is 128 Å². The van der Waals surface area contributed by atoms with Gasteiger partial charge in [0.15, 0.2) is 11.6 Å². The lowest BCUT2D eigenvalue weighted by molar-refractivity contribution is 0.0275. The summed E-state index contributed by atoms with van der Waals surface area (Å²) in [5.74, 6) is 2.20. The molecule has 0 unspecified atom stereocenters. The molecule has 7 aromatic rings. The number of rotatable bonds is 2. The number of aromatic amines is 1. The summed E-state index contributed by atoms with van der Waals surface area (Å²) in [6.07, 6.45) is 0. The van der Waals surface area contributed by atoms with Crippen LogP contribution in [0.5, 0.6) is 11.5 Å². The van der Waals surface area contributed by atoms with E-state index in [9.17, 15) is 0 Å². The Hall–Kier alpha value is -5.34. The Kier molecular flexibility index (Phi) is 9.11. The first-order valence-electron chi connectivity index (χ1n) is 15.7. The van der Waals surface area contributed by atoms with Gasteiger partial charge in [0.2, 0.25) is 0 Å². The summed E-state index contributed by atoms with van der Waals surface area (Å²) in [6, 6.07) is 31.4. The molecule has 3 aromatic heterocycles. The minimum Gasteiger partial charge on any atom is -0.489 e. The molecule has 0 amide bonds. The van der Waals surface area contributed by atoms with E-state index in [1.54, 1.807) is 34.8 Å². The van der Waals surface area contributed by atoms with Crippen molar-refractivity contribution in [2.24, 2.45) is 20.5 Å². The number of thiazole rings is 2. The molecule has 4 aromatic carbocycles. The highest BCUT2D eigenvalue weighted by Gasteiger charge is 2.13. The third-order valence-corrected chi connectivity index (χ3v) is 9.70. The van der Waals surface area contributed by atoms with Crippen molar-refractivity contribution < 1.29 is 18.9 Å². The van der Waals surface area contributed by atoms with E-state index in [0.29, 0.717) is 74.2 Å². The second-order valence-corrected chi connectivity index (χ2v) is 13.0. The van der Waals surface area contributed by atoms with Gasteiger partial charge in [-0.2, -0.15) is 0 Å². The van der Waals surface area contributed by atoms with E-state index in [1.165, 1.54) is 0 Å². The van der Waals surface area contributed by atoms with Gasteiger partial charge in [0.05, 0.1) is 46.9 Å². The van der Waals surface area contributed by atoms with Gasteiger partial charge in [-0.3, -0.25) is 0 Å². The van der Waals surface area contributed by atoms with Crippen LogP contribution in [0.25, 0.3) is 41.6 Å². The normalized spacial score (nSPS) is 14.4. The lowest BCUT2D eigenvalue weighted by Crippen LogP contribution is -2.13. The Balaban J connectivity index is 1.06. The monoisotopic (exact) mass is 687 g/mol. The largest absolute Gasteiger partial charge is 0.489 e. The molecule has 11 nitrogen and oxygen atoms in total. The average Bonchev–Trinajstić information content (AvgIpc) is 3.89. The maximum absolute atomic E-state index is 6.14. The van der Waals surface area contributed by atoms with Gasteiger partial charge < -0.3 is 23.9 Å². The summed E-state index contributed by atoms with van der Waals surface area (Å²) >= 11 is 3.26. The minimum atomic E-state index is 0.329. The number of nitrogens with one attached hydrogen (secondary N) is 1. The quantitative estimate of drug-likeness (QED) is 0.193. The van der Waals surface area contributed by atoms with E-state index < -0.39 is 0 Å². The van der Waals surface area contributed by atoms with Crippen LogP contribution in [0.1, 0.15) is 0 Å². The molecular weight excluding hydrogens is 659 g/mol. The molecule has 13 heteroatoms. The predicted octanol–water partition coefficient (Wildman–Crippen LogP) is 10.2. The maximum Gasteiger partial charge on any atom is 0.154 e. The molecule has 49 heavy (non-hydrogen) atoms. The summed E-state index contributed by atoms with van der Waals surface area (Å²) in [5, 5.41) is 19.6. The highest BCUT2D eigenvalue weighted by molar-refractivity contribution is 7.22. The molecule has 0 spiro atoms. The fraction of sp³-hybridized carbons (Fsp3) is 0.167. The molecule has 0 radical (unpaired) electrons. The number of nitrogens with zero attached hydrogens (tertiary/aromatic N) is 6. The van der Waals surface area contributed by atoms with Gasteiger partial charge in [-0.05, 0) is 72.8 Å². The maximum atomic E-state index is 6.14. The van der Waals surface area contributed by atoms with Crippen molar-refractivity contribution in [1.29, 1.82) is 0 Å². The zero-order chi connectivity index (χ0) is 32.8. The highest BCUT2D eigenvalue weighted by Crippen LogP contribution is 2.39. The Labute approximate surface area is 288 Å². The van der Waals surface area contributed by atoms with Crippen molar-refractivity contribution in [3.8, 4) is 32.6 Å². The number of H-pyrrole nitrogens is 1. The van der Waals surface area contributed by atoms with Crippen molar-refractivity contribution in [2.75, 3.05) is 39.6 Å². The van der Waals surface area contributed by atoms with E-state index in [-0.39, 0.29) is 0 Å². The Morgan fingerprint density at radius 2 is 0.959 bits per heavy atom. The van der Waals surface area contributed by atoms with E-state index in [2.05, 4.69) is 37.6 Å². The molecule has 4 heterocycles. The van der Waals surface area contributed by atoms with E-state index >= 15 is 0 Å². The number of azo groups is 2. The molecule has 0 saturated heterocycles. The molecule has 244 valence electrons. The van der Waals surface area contributed by atoms with Crippen LogP contribution in [0.3, 0.4) is 0 Å². The first kappa shape index (κ1) is 31.0. The van der Waals surface area contributed by atoms with Crippen molar-refractivity contribution >= 4 is 66.1 Å². The number of hydrogen-bond donors (Lipinski definition) is 1. The Bertz CT molecular complexity index is 2070. The van der Waals surface area contributed by atoms with Gasteiger partial charge in [0.25, 0.3) is 0 Å². The Morgan fingerprint density at radius 1 is 0.490 bits per heavy atom. The zero-order valence-electron chi connectivity index (χ0n) is 26.1. The average molecular weight is 688 g/mol. The van der Waals surface area contributed by atoms with E-state index in [1.807, 2.05) is 72.8 Å². The van der Waals surface area contributed by atoms with Crippen LogP contribution in [0.2, 0.25) is 0 Å². The SMILES string of the molecule is c1ccc2sc(-c3ccc4c(c3)OCCOCCOCCOc3cc(-c5nc6ccccc6s5)ccc3N=Nc3ccc([nH]3)N=N4)nc2c1. The number of para-hydroxylation sites is 2. The van der Waals surface area contributed by atoms with E-state index in [0.717, 1.165) is 41.6 Å². The van der Waals surface area contributed by atoms with Crippen molar-refractivity contribution in [1.82, 2.24) is 15.0 Å². The lowest BCUT2D eigenvalue weighted by Gasteiger charge is -2.11. The van der Waals surface area contributed by atoms with Crippen LogP contribution in [0, 0.1) is 0 Å².